The molecule has 1 aliphatic carbocycles. The summed E-state index contributed by atoms with van der Waals surface area (Å²) >= 11 is 1.53. The van der Waals surface area contributed by atoms with Gasteiger partial charge < -0.3 is 5.73 Å². The minimum absolute atomic E-state index is 0.208. The summed E-state index contributed by atoms with van der Waals surface area (Å²) in [6.07, 6.45) is 5.99. The molecule has 5 nitrogen and oxygen atoms in total. The Kier molecular flexibility index (Phi) is 4.80. The monoisotopic (exact) mass is 316 g/mol. The zero-order valence-corrected chi connectivity index (χ0v) is 13.2. The van der Waals surface area contributed by atoms with Gasteiger partial charge in [0.25, 0.3) is 0 Å². The van der Waals surface area contributed by atoms with Crippen LogP contribution >= 0.6 is 11.3 Å². The van der Waals surface area contributed by atoms with E-state index in [0.717, 1.165) is 17.8 Å². The van der Waals surface area contributed by atoms with E-state index in [1.54, 1.807) is 5.38 Å². The fourth-order valence-electron chi connectivity index (χ4n) is 2.43. The number of nitrogens with zero attached hydrogens (tertiary/aromatic N) is 1. The van der Waals surface area contributed by atoms with Gasteiger partial charge in [-0.15, -0.1) is 11.3 Å². The molecule has 112 valence electrons. The van der Waals surface area contributed by atoms with E-state index in [9.17, 15) is 13.2 Å². The molecule has 1 saturated carbocycles. The molecule has 1 fully saturated rings. The number of hydrogen-bond donors (Lipinski definition) is 1. The molecule has 0 bridgehead atoms. The van der Waals surface area contributed by atoms with Gasteiger partial charge in [-0.3, -0.25) is 4.79 Å². The lowest BCUT2D eigenvalue weighted by molar-refractivity contribution is -0.117. The fraction of sp³-hybridized carbons (Fsp3) is 0.692. The number of thiazole rings is 1. The molecule has 0 unspecified atom stereocenters. The van der Waals surface area contributed by atoms with Crippen LogP contribution in [0.25, 0.3) is 0 Å². The Morgan fingerprint density at radius 2 is 2.10 bits per heavy atom. The van der Waals surface area contributed by atoms with E-state index in [-0.39, 0.29) is 5.75 Å². The van der Waals surface area contributed by atoms with Gasteiger partial charge in [0.05, 0.1) is 16.5 Å². The summed E-state index contributed by atoms with van der Waals surface area (Å²) in [7, 11) is -3.56. The largest absolute Gasteiger partial charge is 0.369 e. The topological polar surface area (TPSA) is 90.1 Å². The molecule has 1 aromatic heterocycles. The van der Waals surface area contributed by atoms with Crippen molar-refractivity contribution in [2.24, 2.45) is 5.73 Å². The second-order valence-corrected chi connectivity index (χ2v) is 8.57. The highest BCUT2D eigenvalue weighted by molar-refractivity contribution is 7.92. The highest BCUT2D eigenvalue weighted by Crippen LogP contribution is 2.34. The van der Waals surface area contributed by atoms with Gasteiger partial charge in [0.2, 0.25) is 5.91 Å². The average Bonchev–Trinajstić information content (AvgIpc) is 2.86. The molecule has 7 heteroatoms. The van der Waals surface area contributed by atoms with E-state index in [0.29, 0.717) is 11.6 Å². The van der Waals surface area contributed by atoms with Crippen LogP contribution in [0.3, 0.4) is 0 Å². The highest BCUT2D eigenvalue weighted by atomic mass is 32.2. The SMILES string of the molecule is C[C@H](C(N)=O)S(=O)(=O)Cc1csc(C2CCCCC2)n1. The van der Waals surface area contributed by atoms with E-state index in [1.165, 1.54) is 37.5 Å². The highest BCUT2D eigenvalue weighted by Gasteiger charge is 2.27. The molecular weight excluding hydrogens is 296 g/mol. The molecule has 2 N–H and O–H groups in total. The van der Waals surface area contributed by atoms with E-state index >= 15 is 0 Å². The van der Waals surface area contributed by atoms with Crippen LogP contribution in [0.15, 0.2) is 5.38 Å². The van der Waals surface area contributed by atoms with Crippen molar-refractivity contribution in [3.63, 3.8) is 0 Å². The van der Waals surface area contributed by atoms with Crippen LogP contribution in [0.2, 0.25) is 0 Å². The maximum atomic E-state index is 12.0. The summed E-state index contributed by atoms with van der Waals surface area (Å²) in [5, 5.41) is 1.65. The van der Waals surface area contributed by atoms with E-state index in [4.69, 9.17) is 5.73 Å². The first kappa shape index (κ1) is 15.4. The van der Waals surface area contributed by atoms with Crippen LogP contribution in [-0.2, 0) is 20.4 Å². The zero-order chi connectivity index (χ0) is 14.8. The fourth-order valence-corrected chi connectivity index (χ4v) is 4.69. The molecule has 0 radical (unpaired) electrons. The summed E-state index contributed by atoms with van der Waals surface area (Å²) in [5.41, 5.74) is 5.59. The summed E-state index contributed by atoms with van der Waals surface area (Å²) in [6, 6.07) is 0. The number of aromatic nitrogens is 1. The number of nitrogens with two attached hydrogens (primary N) is 1. The van der Waals surface area contributed by atoms with Crippen LogP contribution in [-0.4, -0.2) is 24.6 Å². The number of rotatable bonds is 5. The van der Waals surface area contributed by atoms with Crippen molar-refractivity contribution in [2.75, 3.05) is 0 Å². The van der Waals surface area contributed by atoms with E-state index < -0.39 is 21.0 Å². The van der Waals surface area contributed by atoms with Crippen LogP contribution in [0.1, 0.15) is 55.6 Å². The molecule has 1 atom stereocenters. The third kappa shape index (κ3) is 3.58. The van der Waals surface area contributed by atoms with Crippen LogP contribution in [0, 0.1) is 0 Å². The molecule has 1 heterocycles. The maximum Gasteiger partial charge on any atom is 0.235 e. The predicted octanol–water partition coefficient (Wildman–Crippen LogP) is 1.98. The number of carbonyl (C=O) groups is 1. The van der Waals surface area contributed by atoms with Gasteiger partial charge in [-0.2, -0.15) is 0 Å². The number of carbonyl (C=O) groups excluding carboxylic acids is 1. The Hall–Kier alpha value is -0.950. The first-order valence-electron chi connectivity index (χ1n) is 6.85. The molecule has 2 rings (SSSR count). The molecular formula is C13H20N2O3S2. The molecule has 1 amide bonds. The normalized spacial score (nSPS) is 18.9. The van der Waals surface area contributed by atoms with Gasteiger partial charge in [0.1, 0.15) is 5.25 Å². The molecule has 20 heavy (non-hydrogen) atoms. The minimum Gasteiger partial charge on any atom is -0.369 e. The van der Waals surface area contributed by atoms with E-state index in [2.05, 4.69) is 4.98 Å². The van der Waals surface area contributed by atoms with Crippen molar-refractivity contribution in [3.8, 4) is 0 Å². The van der Waals surface area contributed by atoms with E-state index in [1.807, 2.05) is 0 Å². The molecule has 0 aliphatic heterocycles. The lowest BCUT2D eigenvalue weighted by Gasteiger charge is -2.18. The Morgan fingerprint density at radius 3 is 2.70 bits per heavy atom. The van der Waals surface area contributed by atoms with Gasteiger partial charge >= 0.3 is 0 Å². The predicted molar refractivity (Wildman–Crippen MR) is 79.2 cm³/mol. The second-order valence-electron chi connectivity index (χ2n) is 5.36. The Bertz CT molecular complexity index is 574. The average molecular weight is 316 g/mol. The third-order valence-corrected chi connectivity index (χ3v) is 6.88. The molecule has 1 aliphatic rings. The number of amides is 1. The van der Waals surface area contributed by atoms with Gasteiger partial charge in [-0.1, -0.05) is 19.3 Å². The summed E-state index contributed by atoms with van der Waals surface area (Å²) in [4.78, 5) is 15.5. The van der Waals surface area contributed by atoms with Crippen LogP contribution < -0.4 is 5.73 Å². The number of hydrogen-bond acceptors (Lipinski definition) is 5. The second kappa shape index (κ2) is 6.22. The number of sulfone groups is 1. The Balaban J connectivity index is 2.07. The molecule has 0 spiro atoms. The Morgan fingerprint density at radius 1 is 1.45 bits per heavy atom. The van der Waals surface area contributed by atoms with Crippen molar-refractivity contribution in [3.05, 3.63) is 16.1 Å². The van der Waals surface area contributed by atoms with Gasteiger partial charge in [0.15, 0.2) is 9.84 Å². The quantitative estimate of drug-likeness (QED) is 0.899. The summed E-state index contributed by atoms with van der Waals surface area (Å²) in [5.74, 6) is -0.549. The smallest absolute Gasteiger partial charge is 0.235 e. The van der Waals surface area contributed by atoms with Crippen molar-refractivity contribution >= 4 is 27.1 Å². The third-order valence-electron chi connectivity index (χ3n) is 3.81. The Labute approximate surface area is 123 Å². The minimum atomic E-state index is -3.56. The maximum absolute atomic E-state index is 12.0. The molecule has 0 aromatic carbocycles. The first-order valence-corrected chi connectivity index (χ1v) is 9.45. The van der Waals surface area contributed by atoms with Crippen molar-refractivity contribution in [2.45, 2.75) is 55.9 Å². The lowest BCUT2D eigenvalue weighted by atomic mass is 9.90. The van der Waals surface area contributed by atoms with Crippen LogP contribution in [0.4, 0.5) is 0 Å². The van der Waals surface area contributed by atoms with Crippen molar-refractivity contribution in [1.29, 1.82) is 0 Å². The first-order chi connectivity index (χ1) is 9.40. The standard InChI is InChI=1S/C13H20N2O3S2/c1-9(12(14)16)20(17,18)8-11-7-19-13(15-11)10-5-3-2-4-6-10/h7,9-10H,2-6,8H2,1H3,(H2,14,16)/t9-/m1/s1. The lowest BCUT2D eigenvalue weighted by Crippen LogP contribution is -2.34. The number of primary amides is 1. The molecule has 1 aromatic rings. The summed E-state index contributed by atoms with van der Waals surface area (Å²) in [6.45, 7) is 1.33. The van der Waals surface area contributed by atoms with Gasteiger partial charge in [-0.25, -0.2) is 13.4 Å². The zero-order valence-electron chi connectivity index (χ0n) is 11.5. The van der Waals surface area contributed by atoms with Gasteiger partial charge in [0, 0.05) is 11.3 Å². The summed E-state index contributed by atoms with van der Waals surface area (Å²) < 4.78 is 24.0. The molecule has 0 saturated heterocycles. The van der Waals surface area contributed by atoms with Crippen molar-refractivity contribution in [1.82, 2.24) is 4.98 Å². The van der Waals surface area contributed by atoms with Crippen molar-refractivity contribution < 1.29 is 13.2 Å². The van der Waals surface area contributed by atoms with Gasteiger partial charge in [-0.05, 0) is 19.8 Å². The van der Waals surface area contributed by atoms with Crippen LogP contribution in [0.5, 0.6) is 0 Å².